The molecule has 0 N–H and O–H groups in total. The fourth-order valence-corrected chi connectivity index (χ4v) is 3.99. The van der Waals surface area contributed by atoms with Gasteiger partial charge in [0.05, 0.1) is 5.56 Å². The third kappa shape index (κ3) is 2.78. The van der Waals surface area contributed by atoms with E-state index in [-0.39, 0.29) is 17.1 Å². The van der Waals surface area contributed by atoms with Crippen LogP contribution in [-0.2, 0) is 26.2 Å². The van der Waals surface area contributed by atoms with Gasteiger partial charge in [0.1, 0.15) is 18.0 Å². The Kier molecular flexibility index (Phi) is 4.11. The summed E-state index contributed by atoms with van der Waals surface area (Å²) in [4.78, 5) is 24.1. The largest absolute Gasteiger partial charge is 0.459 e. The van der Waals surface area contributed by atoms with Gasteiger partial charge in [-0.25, -0.2) is 12.7 Å². The molecule has 0 spiro atoms. The van der Waals surface area contributed by atoms with Crippen molar-refractivity contribution >= 4 is 21.9 Å². The van der Waals surface area contributed by atoms with Crippen molar-refractivity contribution in [3.05, 3.63) is 65.2 Å². The summed E-state index contributed by atoms with van der Waals surface area (Å²) < 4.78 is 30.4. The monoisotopic (exact) mass is 345 g/mol. The van der Waals surface area contributed by atoms with Crippen molar-refractivity contribution in [2.45, 2.75) is 18.4 Å². The molecule has 24 heavy (non-hydrogen) atoms. The zero-order chi connectivity index (χ0) is 17.3. The summed E-state index contributed by atoms with van der Waals surface area (Å²) in [5.41, 5.74) is 1.86. The number of aryl methyl sites for hydroxylation is 1. The topological polar surface area (TPSA) is 80.8 Å². The number of rotatable bonds is 4. The molecule has 0 fully saturated rings. The highest BCUT2D eigenvalue weighted by Gasteiger charge is 2.42. The maximum atomic E-state index is 12.4. The molecule has 7 heteroatoms. The number of esters is 1. The summed E-state index contributed by atoms with van der Waals surface area (Å²) in [6, 6.07) is 13.3. The van der Waals surface area contributed by atoms with Crippen molar-refractivity contribution in [1.29, 1.82) is 0 Å². The van der Waals surface area contributed by atoms with E-state index in [9.17, 15) is 18.0 Å². The molecule has 2 aromatic rings. The highest BCUT2D eigenvalue weighted by Crippen LogP contribution is 2.29. The summed E-state index contributed by atoms with van der Waals surface area (Å²) in [6.45, 7) is 1.27. The lowest BCUT2D eigenvalue weighted by Gasteiger charge is -2.14. The molecule has 0 atom stereocenters. The molecule has 1 aliphatic rings. The smallest absolute Gasteiger partial charge is 0.327 e. The van der Waals surface area contributed by atoms with Crippen molar-refractivity contribution in [3.63, 3.8) is 0 Å². The molecule has 1 amide bonds. The second-order valence-electron chi connectivity index (χ2n) is 5.40. The third-order valence-electron chi connectivity index (χ3n) is 3.83. The third-order valence-corrected chi connectivity index (χ3v) is 5.62. The standard InChI is InChI=1S/C17H15NO5S/c1-12-6-2-3-7-13(12)11-23-16(19)10-18-17(20)14-8-4-5-9-15(14)24(18,21)22/h2-9H,10-11H2,1H3. The second-order valence-corrected chi connectivity index (χ2v) is 7.23. The van der Waals surface area contributed by atoms with Crippen LogP contribution in [0.1, 0.15) is 21.5 Å². The summed E-state index contributed by atoms with van der Waals surface area (Å²) in [5, 5.41) is 0. The van der Waals surface area contributed by atoms with Gasteiger partial charge < -0.3 is 4.74 Å². The summed E-state index contributed by atoms with van der Waals surface area (Å²) in [7, 11) is -4.00. The molecule has 0 unspecified atom stereocenters. The lowest BCUT2D eigenvalue weighted by Crippen LogP contribution is -2.35. The Bertz CT molecular complexity index is 920. The molecule has 1 heterocycles. The van der Waals surface area contributed by atoms with Crippen LogP contribution in [0, 0.1) is 6.92 Å². The van der Waals surface area contributed by atoms with E-state index >= 15 is 0 Å². The lowest BCUT2D eigenvalue weighted by atomic mass is 10.1. The van der Waals surface area contributed by atoms with Gasteiger partial charge in [0.15, 0.2) is 0 Å². The zero-order valence-corrected chi connectivity index (χ0v) is 13.7. The van der Waals surface area contributed by atoms with Gasteiger partial charge in [-0.05, 0) is 30.2 Å². The van der Waals surface area contributed by atoms with Gasteiger partial charge in [-0.2, -0.15) is 0 Å². The molecule has 2 aromatic carbocycles. The lowest BCUT2D eigenvalue weighted by molar-refractivity contribution is -0.144. The van der Waals surface area contributed by atoms with Crippen molar-refractivity contribution < 1.29 is 22.7 Å². The van der Waals surface area contributed by atoms with Crippen LogP contribution in [0.2, 0.25) is 0 Å². The summed E-state index contributed by atoms with van der Waals surface area (Å²) in [6.07, 6.45) is 0. The van der Waals surface area contributed by atoms with E-state index in [1.165, 1.54) is 18.2 Å². The minimum Gasteiger partial charge on any atom is -0.459 e. The van der Waals surface area contributed by atoms with Gasteiger partial charge in [0, 0.05) is 0 Å². The molecule has 0 aromatic heterocycles. The number of hydrogen-bond acceptors (Lipinski definition) is 5. The fraction of sp³-hybridized carbons (Fsp3) is 0.176. The van der Waals surface area contributed by atoms with E-state index in [0.29, 0.717) is 4.31 Å². The first-order chi connectivity index (χ1) is 11.4. The van der Waals surface area contributed by atoms with Crippen LogP contribution in [-0.4, -0.2) is 31.1 Å². The highest BCUT2D eigenvalue weighted by molar-refractivity contribution is 7.90. The van der Waals surface area contributed by atoms with Gasteiger partial charge in [0.25, 0.3) is 15.9 Å². The highest BCUT2D eigenvalue weighted by atomic mass is 32.2. The van der Waals surface area contributed by atoms with Crippen molar-refractivity contribution in [3.8, 4) is 0 Å². The zero-order valence-electron chi connectivity index (χ0n) is 12.9. The number of sulfonamides is 1. The van der Waals surface area contributed by atoms with Crippen LogP contribution in [0.5, 0.6) is 0 Å². The summed E-state index contributed by atoms with van der Waals surface area (Å²) >= 11 is 0. The molecule has 6 nitrogen and oxygen atoms in total. The predicted octanol–water partition coefficient (Wildman–Crippen LogP) is 1.88. The van der Waals surface area contributed by atoms with Gasteiger partial charge in [-0.1, -0.05) is 36.4 Å². The molecular formula is C17H15NO5S. The Morgan fingerprint density at radius 2 is 1.75 bits per heavy atom. The molecular weight excluding hydrogens is 330 g/mol. The molecule has 0 radical (unpaired) electrons. The van der Waals surface area contributed by atoms with Gasteiger partial charge in [0.2, 0.25) is 0 Å². The van der Waals surface area contributed by atoms with Gasteiger partial charge >= 0.3 is 5.97 Å². The van der Waals surface area contributed by atoms with E-state index < -0.39 is 28.4 Å². The SMILES string of the molecule is Cc1ccccc1COC(=O)CN1C(=O)c2ccccc2S1(=O)=O. The first kappa shape index (κ1) is 16.2. The van der Waals surface area contributed by atoms with E-state index in [4.69, 9.17) is 4.74 Å². The Morgan fingerprint density at radius 3 is 2.46 bits per heavy atom. The Hall–Kier alpha value is -2.67. The maximum Gasteiger partial charge on any atom is 0.327 e. The van der Waals surface area contributed by atoms with E-state index in [0.717, 1.165) is 11.1 Å². The van der Waals surface area contributed by atoms with Gasteiger partial charge in [-0.15, -0.1) is 0 Å². The molecule has 0 saturated heterocycles. The van der Waals surface area contributed by atoms with Crippen molar-refractivity contribution in [1.82, 2.24) is 4.31 Å². The number of fused-ring (bicyclic) bond motifs is 1. The first-order valence-electron chi connectivity index (χ1n) is 7.27. The fourth-order valence-electron chi connectivity index (χ4n) is 2.48. The predicted molar refractivity (Wildman–Crippen MR) is 85.6 cm³/mol. The number of carbonyl (C=O) groups excluding carboxylic acids is 2. The molecule has 0 aliphatic carbocycles. The number of ether oxygens (including phenoxy) is 1. The van der Waals surface area contributed by atoms with Crippen LogP contribution in [0.4, 0.5) is 0 Å². The number of nitrogens with zero attached hydrogens (tertiary/aromatic N) is 1. The van der Waals surface area contributed by atoms with Crippen LogP contribution >= 0.6 is 0 Å². The Labute approximate surface area is 139 Å². The van der Waals surface area contributed by atoms with E-state index in [2.05, 4.69) is 0 Å². The van der Waals surface area contributed by atoms with Crippen LogP contribution in [0.15, 0.2) is 53.4 Å². The molecule has 124 valence electrons. The van der Waals surface area contributed by atoms with Crippen LogP contribution < -0.4 is 0 Å². The van der Waals surface area contributed by atoms with Crippen LogP contribution in [0.25, 0.3) is 0 Å². The van der Waals surface area contributed by atoms with Crippen molar-refractivity contribution in [2.24, 2.45) is 0 Å². The average Bonchev–Trinajstić information content (AvgIpc) is 2.76. The molecule has 3 rings (SSSR count). The second kappa shape index (κ2) is 6.09. The first-order valence-corrected chi connectivity index (χ1v) is 8.71. The maximum absolute atomic E-state index is 12.4. The van der Waals surface area contributed by atoms with E-state index in [1.807, 2.05) is 31.2 Å². The Morgan fingerprint density at radius 1 is 1.08 bits per heavy atom. The number of carbonyl (C=O) groups is 2. The minimum absolute atomic E-state index is 0.0283. The quantitative estimate of drug-likeness (QED) is 0.791. The molecule has 0 saturated carbocycles. The van der Waals surface area contributed by atoms with Crippen LogP contribution in [0.3, 0.4) is 0 Å². The molecule has 0 bridgehead atoms. The molecule has 1 aliphatic heterocycles. The van der Waals surface area contributed by atoms with E-state index in [1.54, 1.807) is 6.07 Å². The summed E-state index contributed by atoms with van der Waals surface area (Å²) in [5.74, 6) is -1.48. The minimum atomic E-state index is -4.00. The van der Waals surface area contributed by atoms with Gasteiger partial charge in [-0.3, -0.25) is 9.59 Å². The average molecular weight is 345 g/mol. The number of amides is 1. The number of hydrogen-bond donors (Lipinski definition) is 0. The normalized spacial score (nSPS) is 15.2. The number of benzene rings is 2. The van der Waals surface area contributed by atoms with Crippen molar-refractivity contribution in [2.75, 3.05) is 6.54 Å². The Balaban J connectivity index is 1.72.